The number of fused-ring (bicyclic) bond motifs is 2. The van der Waals surface area contributed by atoms with E-state index in [0.29, 0.717) is 25.0 Å². The Kier molecular flexibility index (Phi) is 5.81. The average molecular weight is 488 g/mol. The number of nitrogens with one attached hydrogen (secondary N) is 1. The second-order valence-electron chi connectivity index (χ2n) is 7.98. The fourth-order valence-electron chi connectivity index (χ4n) is 4.58. The lowest BCUT2D eigenvalue weighted by molar-refractivity contribution is -0.132. The Morgan fingerprint density at radius 3 is 2.41 bits per heavy atom. The topological polar surface area (TPSA) is 101 Å². The van der Waals surface area contributed by atoms with Gasteiger partial charge in [0.25, 0.3) is 5.91 Å². The molecule has 2 saturated carbocycles. The van der Waals surface area contributed by atoms with Crippen LogP contribution < -0.4 is 5.32 Å². The minimum atomic E-state index is -4.13. The highest BCUT2D eigenvalue weighted by molar-refractivity contribution is 7.92. The van der Waals surface area contributed by atoms with Gasteiger partial charge < -0.3 is 10.4 Å². The van der Waals surface area contributed by atoms with E-state index < -0.39 is 56.4 Å². The molecule has 0 radical (unpaired) electrons. The number of Topliss-reactive ketones (excluding diaryl/α,β-unsaturated/α-hetero) is 1. The maximum Gasteiger partial charge on any atom is 0.255 e. The van der Waals surface area contributed by atoms with E-state index >= 15 is 0 Å². The van der Waals surface area contributed by atoms with Crippen LogP contribution in [0.3, 0.4) is 0 Å². The van der Waals surface area contributed by atoms with Crippen LogP contribution in [0, 0.1) is 29.3 Å². The summed E-state index contributed by atoms with van der Waals surface area (Å²) in [5, 5.41) is 11.2. The van der Waals surface area contributed by atoms with E-state index in [4.69, 9.17) is 11.6 Å². The molecule has 2 aliphatic rings. The first kappa shape index (κ1) is 22.8. The van der Waals surface area contributed by atoms with Crippen LogP contribution >= 0.6 is 11.6 Å². The summed E-state index contributed by atoms with van der Waals surface area (Å²) >= 11 is 6.12. The molecule has 6 nitrogen and oxygen atoms in total. The maximum absolute atomic E-state index is 13.4. The van der Waals surface area contributed by atoms with Gasteiger partial charge in [-0.25, -0.2) is 21.6 Å². The number of hydrogen-bond acceptors (Lipinski definition) is 5. The molecule has 2 aliphatic carbocycles. The number of hydrogen-bond donors (Lipinski definition) is 2. The van der Waals surface area contributed by atoms with Crippen LogP contribution in [0.4, 0.5) is 18.9 Å². The van der Waals surface area contributed by atoms with Crippen molar-refractivity contribution in [3.8, 4) is 0 Å². The van der Waals surface area contributed by atoms with Gasteiger partial charge in [-0.1, -0.05) is 11.6 Å². The van der Waals surface area contributed by atoms with Crippen LogP contribution in [-0.2, 0) is 14.6 Å². The van der Waals surface area contributed by atoms with E-state index in [1.165, 1.54) is 12.1 Å². The standard InChI is InChI=1S/C21H17ClF3NO5S/c22-13-4-2-10(21(29)26-11-7-14(23)18(25)15(24)8-11)6-17(13)32(30,31)20-9-1-3-12(20)19(28)16(27)5-9/h2,4,6-9,12,19-20,28H,1,3,5H2,(H,26,29)/t9?,12-,19-,20-/m0/s1. The lowest BCUT2D eigenvalue weighted by Crippen LogP contribution is -2.46. The number of aliphatic hydroxyl groups excluding tert-OH is 1. The summed E-state index contributed by atoms with van der Waals surface area (Å²) in [6, 6.07) is 4.62. The molecule has 4 atom stereocenters. The highest BCUT2D eigenvalue weighted by Crippen LogP contribution is 2.47. The Labute approximate surface area is 186 Å². The number of amides is 1. The molecule has 1 unspecified atom stereocenters. The van der Waals surface area contributed by atoms with Crippen molar-refractivity contribution in [2.45, 2.75) is 35.5 Å². The molecule has 0 spiro atoms. The van der Waals surface area contributed by atoms with E-state index in [0.717, 1.165) is 6.07 Å². The van der Waals surface area contributed by atoms with Gasteiger partial charge in [0.1, 0.15) is 6.10 Å². The number of rotatable bonds is 4. The van der Waals surface area contributed by atoms with E-state index in [1.54, 1.807) is 0 Å². The SMILES string of the molecule is O=C(Nc1cc(F)c(F)c(F)c1)c1ccc(Cl)c(S(=O)(=O)[C@H]2C3CC[C@H]2[C@H](O)C(=O)C3)c1. The van der Waals surface area contributed by atoms with Crippen LogP contribution in [0.2, 0.25) is 5.02 Å². The van der Waals surface area contributed by atoms with Gasteiger partial charge in [-0.05, 0) is 37.0 Å². The van der Waals surface area contributed by atoms with E-state index in [2.05, 4.69) is 5.32 Å². The van der Waals surface area contributed by atoms with Crippen LogP contribution in [0.25, 0.3) is 0 Å². The van der Waals surface area contributed by atoms with Crippen molar-refractivity contribution < 1.29 is 36.3 Å². The first-order valence-electron chi connectivity index (χ1n) is 9.71. The van der Waals surface area contributed by atoms with Gasteiger partial charge in [-0.2, -0.15) is 0 Å². The third kappa shape index (κ3) is 3.80. The van der Waals surface area contributed by atoms with Gasteiger partial charge in [0.2, 0.25) is 0 Å². The van der Waals surface area contributed by atoms with Gasteiger partial charge in [0, 0.05) is 35.7 Å². The minimum Gasteiger partial charge on any atom is -0.385 e. The Balaban J connectivity index is 1.66. The lowest BCUT2D eigenvalue weighted by Gasteiger charge is -2.32. The molecule has 32 heavy (non-hydrogen) atoms. The number of benzene rings is 2. The smallest absolute Gasteiger partial charge is 0.255 e. The normalized spacial score (nSPS) is 25.1. The number of ketones is 1. The summed E-state index contributed by atoms with van der Waals surface area (Å²) in [6.07, 6.45) is -0.583. The van der Waals surface area contributed by atoms with E-state index in [1.807, 2.05) is 0 Å². The molecule has 4 rings (SSSR count). The molecule has 0 heterocycles. The van der Waals surface area contributed by atoms with Gasteiger partial charge in [-0.3, -0.25) is 9.59 Å². The molecule has 2 aromatic carbocycles. The van der Waals surface area contributed by atoms with E-state index in [-0.39, 0.29) is 33.4 Å². The maximum atomic E-state index is 13.4. The number of aliphatic hydroxyl groups is 1. The third-order valence-electron chi connectivity index (χ3n) is 6.06. The predicted octanol–water partition coefficient (Wildman–Crippen LogP) is 3.51. The molecule has 2 aromatic rings. The Hall–Kier alpha value is -2.43. The summed E-state index contributed by atoms with van der Waals surface area (Å²) in [4.78, 5) is 24.1. The first-order chi connectivity index (χ1) is 15.0. The Morgan fingerprint density at radius 1 is 1.09 bits per heavy atom. The molecule has 2 bridgehead atoms. The van der Waals surface area contributed by atoms with Gasteiger partial charge in [-0.15, -0.1) is 0 Å². The van der Waals surface area contributed by atoms with Crippen molar-refractivity contribution in [1.82, 2.24) is 0 Å². The molecule has 0 aliphatic heterocycles. The zero-order chi connectivity index (χ0) is 23.4. The molecule has 170 valence electrons. The zero-order valence-corrected chi connectivity index (χ0v) is 17.9. The molecule has 11 heteroatoms. The lowest BCUT2D eigenvalue weighted by atomic mass is 9.85. The Bertz CT molecular complexity index is 1210. The number of anilines is 1. The molecule has 1 amide bonds. The van der Waals surface area contributed by atoms with E-state index in [9.17, 15) is 36.3 Å². The highest BCUT2D eigenvalue weighted by Gasteiger charge is 2.54. The summed E-state index contributed by atoms with van der Waals surface area (Å²) < 4.78 is 66.7. The van der Waals surface area contributed by atoms with Crippen LogP contribution in [0.1, 0.15) is 29.6 Å². The number of carbonyl (C=O) groups excluding carboxylic acids is 2. The predicted molar refractivity (Wildman–Crippen MR) is 109 cm³/mol. The molecule has 0 saturated heterocycles. The highest BCUT2D eigenvalue weighted by atomic mass is 35.5. The first-order valence-corrected chi connectivity index (χ1v) is 11.6. The van der Waals surface area contributed by atoms with Crippen molar-refractivity contribution in [3.63, 3.8) is 0 Å². The molecule has 2 N–H and O–H groups in total. The quantitative estimate of drug-likeness (QED) is 0.643. The number of carbonyl (C=O) groups is 2. The summed E-state index contributed by atoms with van der Waals surface area (Å²) in [5.41, 5.74) is -0.532. The molecular weight excluding hydrogens is 471 g/mol. The van der Waals surface area contributed by atoms with Gasteiger partial charge in [0.05, 0.1) is 15.2 Å². The van der Waals surface area contributed by atoms with Crippen LogP contribution in [-0.4, -0.2) is 36.6 Å². The third-order valence-corrected chi connectivity index (χ3v) is 8.90. The number of sulfone groups is 1. The average Bonchev–Trinajstić information content (AvgIpc) is 3.09. The number of halogens is 4. The fraction of sp³-hybridized carbons (Fsp3) is 0.333. The molecule has 2 fully saturated rings. The van der Waals surface area contributed by atoms with Crippen molar-refractivity contribution in [1.29, 1.82) is 0 Å². The minimum absolute atomic E-state index is 0.0545. The summed E-state index contributed by atoms with van der Waals surface area (Å²) in [5.74, 6) is -7.19. The van der Waals surface area contributed by atoms with Crippen LogP contribution in [0.15, 0.2) is 35.2 Å². The van der Waals surface area contributed by atoms with Crippen molar-refractivity contribution in [2.24, 2.45) is 11.8 Å². The fourth-order valence-corrected chi connectivity index (χ4v) is 7.43. The Morgan fingerprint density at radius 2 is 1.75 bits per heavy atom. The second kappa shape index (κ2) is 8.17. The summed E-state index contributed by atoms with van der Waals surface area (Å²) in [7, 11) is -4.13. The summed E-state index contributed by atoms with van der Waals surface area (Å²) in [6.45, 7) is 0. The van der Waals surface area contributed by atoms with Crippen LogP contribution in [0.5, 0.6) is 0 Å². The van der Waals surface area contributed by atoms with Crippen molar-refractivity contribution in [3.05, 3.63) is 58.4 Å². The van der Waals surface area contributed by atoms with Crippen molar-refractivity contribution >= 4 is 38.8 Å². The molecule has 0 aromatic heterocycles. The largest absolute Gasteiger partial charge is 0.385 e. The zero-order valence-electron chi connectivity index (χ0n) is 16.3. The monoisotopic (exact) mass is 487 g/mol. The van der Waals surface area contributed by atoms with Gasteiger partial charge >= 0.3 is 0 Å². The second-order valence-corrected chi connectivity index (χ2v) is 10.5. The van der Waals surface area contributed by atoms with Crippen molar-refractivity contribution in [2.75, 3.05) is 5.32 Å². The van der Waals surface area contributed by atoms with Gasteiger partial charge in [0.15, 0.2) is 33.1 Å². The molecular formula is C21H17ClF3NO5S.